The molecule has 0 aromatic heterocycles. The van der Waals surface area contributed by atoms with E-state index in [-0.39, 0.29) is 5.97 Å². The first-order valence-corrected chi connectivity index (χ1v) is 6.09. The van der Waals surface area contributed by atoms with Crippen molar-refractivity contribution in [1.82, 2.24) is 0 Å². The van der Waals surface area contributed by atoms with E-state index < -0.39 is 0 Å². The molecule has 0 saturated carbocycles. The van der Waals surface area contributed by atoms with Gasteiger partial charge in [0.15, 0.2) is 0 Å². The van der Waals surface area contributed by atoms with E-state index in [1.54, 1.807) is 19.1 Å². The monoisotopic (exact) mass is 240 g/mol. The summed E-state index contributed by atoms with van der Waals surface area (Å²) in [7, 11) is 0. The summed E-state index contributed by atoms with van der Waals surface area (Å²) in [6.45, 7) is 2.22. The third-order valence-corrected chi connectivity index (χ3v) is 2.72. The van der Waals surface area contributed by atoms with Crippen LogP contribution in [0.25, 0.3) is 0 Å². The molecule has 0 spiro atoms. The zero-order valence-corrected chi connectivity index (χ0v) is 10.4. The fraction of sp³-hybridized carbons (Fsp3) is 0.188. The van der Waals surface area contributed by atoms with Crippen molar-refractivity contribution in [2.24, 2.45) is 0 Å². The Hall–Kier alpha value is -2.09. The number of ether oxygens (including phenoxy) is 1. The summed E-state index contributed by atoms with van der Waals surface area (Å²) in [5.41, 5.74) is 3.54. The number of carbonyl (C=O) groups is 1. The molecule has 0 radical (unpaired) electrons. The summed E-state index contributed by atoms with van der Waals surface area (Å²) >= 11 is 0. The van der Waals surface area contributed by atoms with Crippen LogP contribution in [0.3, 0.4) is 0 Å². The van der Waals surface area contributed by atoms with Crippen molar-refractivity contribution in [1.29, 1.82) is 0 Å². The molecular weight excluding hydrogens is 224 g/mol. The topological polar surface area (TPSA) is 26.3 Å². The molecule has 0 saturated heterocycles. The van der Waals surface area contributed by atoms with E-state index in [1.807, 2.05) is 18.2 Å². The first kappa shape index (κ1) is 12.4. The van der Waals surface area contributed by atoms with Gasteiger partial charge in [0.2, 0.25) is 0 Å². The van der Waals surface area contributed by atoms with E-state index in [1.165, 1.54) is 17.6 Å². The number of hydrogen-bond donors (Lipinski definition) is 0. The van der Waals surface area contributed by atoms with Gasteiger partial charge < -0.3 is 4.74 Å². The minimum Gasteiger partial charge on any atom is -0.462 e. The van der Waals surface area contributed by atoms with Gasteiger partial charge in [0, 0.05) is 0 Å². The lowest BCUT2D eigenvalue weighted by Gasteiger charge is -1.99. The molecule has 1 aromatic rings. The van der Waals surface area contributed by atoms with Gasteiger partial charge in [-0.15, -0.1) is 0 Å². The Morgan fingerprint density at radius 1 is 1.11 bits per heavy atom. The third kappa shape index (κ3) is 3.20. The zero-order chi connectivity index (χ0) is 12.8. The average molecular weight is 240 g/mol. The molecule has 2 aliphatic carbocycles. The van der Waals surface area contributed by atoms with E-state index in [4.69, 9.17) is 4.74 Å². The number of benzene rings is 1. The Morgan fingerprint density at radius 2 is 1.72 bits per heavy atom. The molecule has 0 N–H and O–H groups in total. The van der Waals surface area contributed by atoms with Gasteiger partial charge in [-0.3, -0.25) is 0 Å². The summed E-state index contributed by atoms with van der Waals surface area (Å²) in [5, 5.41) is 0. The van der Waals surface area contributed by atoms with Crippen LogP contribution in [0.15, 0.2) is 65.8 Å². The van der Waals surface area contributed by atoms with Gasteiger partial charge in [-0.2, -0.15) is 0 Å². The van der Waals surface area contributed by atoms with Gasteiger partial charge in [-0.05, 0) is 36.6 Å². The van der Waals surface area contributed by atoms with Crippen molar-refractivity contribution in [2.75, 3.05) is 6.61 Å². The number of allylic oxidation sites excluding steroid dienone is 6. The first-order valence-electron chi connectivity index (χ1n) is 6.09. The lowest BCUT2D eigenvalue weighted by atomic mass is 10.2. The number of hydrogen-bond acceptors (Lipinski definition) is 2. The van der Waals surface area contributed by atoms with E-state index in [0.29, 0.717) is 12.2 Å². The molecular formula is C16H16O2. The van der Waals surface area contributed by atoms with Crippen molar-refractivity contribution >= 4 is 5.97 Å². The molecule has 2 bridgehead atoms. The SMILES string of the molecule is C1=CC2=CC=C1C2.CCOC(=O)c1ccccc1. The van der Waals surface area contributed by atoms with Crippen LogP contribution >= 0.6 is 0 Å². The van der Waals surface area contributed by atoms with Gasteiger partial charge >= 0.3 is 5.97 Å². The Labute approximate surface area is 107 Å². The summed E-state index contributed by atoms with van der Waals surface area (Å²) in [5.74, 6) is -0.256. The standard InChI is InChI=1S/C9H10O2.C7H6/c1-2-11-9(10)8-6-4-3-5-7-8;1-2-7-4-3-6(1)5-7/h3-7H,2H2,1H3;1-4H,5H2. The summed E-state index contributed by atoms with van der Waals surface area (Å²) < 4.78 is 4.79. The third-order valence-electron chi connectivity index (χ3n) is 2.72. The highest BCUT2D eigenvalue weighted by atomic mass is 16.5. The molecule has 0 heterocycles. The molecule has 2 aliphatic rings. The lowest BCUT2D eigenvalue weighted by molar-refractivity contribution is 0.0526. The predicted molar refractivity (Wildman–Crippen MR) is 72.3 cm³/mol. The van der Waals surface area contributed by atoms with Crippen LogP contribution in [0.5, 0.6) is 0 Å². The highest BCUT2D eigenvalue weighted by Gasteiger charge is 2.07. The van der Waals surface area contributed by atoms with Crippen LogP contribution in [0.2, 0.25) is 0 Å². The first-order chi connectivity index (χ1) is 8.79. The molecule has 0 atom stereocenters. The van der Waals surface area contributed by atoms with Crippen LogP contribution in [0.4, 0.5) is 0 Å². The molecule has 0 unspecified atom stereocenters. The van der Waals surface area contributed by atoms with Crippen molar-refractivity contribution in [3.63, 3.8) is 0 Å². The van der Waals surface area contributed by atoms with Crippen molar-refractivity contribution < 1.29 is 9.53 Å². The van der Waals surface area contributed by atoms with Gasteiger partial charge in [0.1, 0.15) is 0 Å². The predicted octanol–water partition coefficient (Wildman–Crippen LogP) is 3.68. The molecule has 0 fully saturated rings. The maximum absolute atomic E-state index is 11.0. The minimum absolute atomic E-state index is 0.256. The van der Waals surface area contributed by atoms with Gasteiger partial charge in [0.25, 0.3) is 0 Å². The molecule has 2 nitrogen and oxygen atoms in total. The quantitative estimate of drug-likeness (QED) is 0.737. The minimum atomic E-state index is -0.256. The maximum Gasteiger partial charge on any atom is 0.338 e. The second-order valence-electron chi connectivity index (χ2n) is 4.08. The van der Waals surface area contributed by atoms with E-state index in [9.17, 15) is 4.79 Å². The van der Waals surface area contributed by atoms with Crippen molar-refractivity contribution in [2.45, 2.75) is 13.3 Å². The van der Waals surface area contributed by atoms with Crippen molar-refractivity contribution in [3.05, 3.63) is 71.3 Å². The summed E-state index contributed by atoms with van der Waals surface area (Å²) in [6.07, 6.45) is 9.90. The fourth-order valence-electron chi connectivity index (χ4n) is 1.80. The number of rotatable bonds is 2. The highest BCUT2D eigenvalue weighted by molar-refractivity contribution is 5.89. The van der Waals surface area contributed by atoms with Gasteiger partial charge in [0.05, 0.1) is 12.2 Å². The smallest absolute Gasteiger partial charge is 0.338 e. The molecule has 18 heavy (non-hydrogen) atoms. The molecule has 3 rings (SSSR count). The summed E-state index contributed by atoms with van der Waals surface area (Å²) in [4.78, 5) is 11.0. The average Bonchev–Trinajstić information content (AvgIpc) is 3.06. The van der Waals surface area contributed by atoms with Crippen LogP contribution in [-0.4, -0.2) is 12.6 Å². The van der Waals surface area contributed by atoms with Gasteiger partial charge in [-0.1, -0.05) is 42.5 Å². The van der Waals surface area contributed by atoms with Crippen LogP contribution < -0.4 is 0 Å². The Bertz CT molecular complexity index is 487. The number of carbonyl (C=O) groups excluding carboxylic acids is 1. The fourth-order valence-corrected chi connectivity index (χ4v) is 1.80. The van der Waals surface area contributed by atoms with Gasteiger partial charge in [-0.25, -0.2) is 4.79 Å². The molecule has 2 heteroatoms. The number of esters is 1. The largest absolute Gasteiger partial charge is 0.462 e. The number of fused-ring (bicyclic) bond motifs is 2. The highest BCUT2D eigenvalue weighted by Crippen LogP contribution is 2.27. The molecule has 1 aromatic carbocycles. The second kappa shape index (κ2) is 6.01. The van der Waals surface area contributed by atoms with Crippen LogP contribution in [-0.2, 0) is 4.74 Å². The molecule has 92 valence electrons. The molecule has 0 amide bonds. The lowest BCUT2D eigenvalue weighted by Crippen LogP contribution is -2.03. The Balaban J connectivity index is 0.000000146. The Kier molecular flexibility index (Phi) is 4.13. The zero-order valence-electron chi connectivity index (χ0n) is 10.4. The van der Waals surface area contributed by atoms with Crippen molar-refractivity contribution in [3.8, 4) is 0 Å². The summed E-state index contributed by atoms with van der Waals surface area (Å²) in [6, 6.07) is 8.96. The molecule has 0 aliphatic heterocycles. The normalized spacial score (nSPS) is 14.5. The van der Waals surface area contributed by atoms with E-state index in [2.05, 4.69) is 24.3 Å². The maximum atomic E-state index is 11.0. The van der Waals surface area contributed by atoms with E-state index >= 15 is 0 Å². The Morgan fingerprint density at radius 3 is 2.11 bits per heavy atom. The van der Waals surface area contributed by atoms with E-state index in [0.717, 1.165) is 0 Å². The van der Waals surface area contributed by atoms with Crippen LogP contribution in [0, 0.1) is 0 Å². The van der Waals surface area contributed by atoms with Crippen LogP contribution in [0.1, 0.15) is 23.7 Å². The second-order valence-corrected chi connectivity index (χ2v) is 4.08.